The van der Waals surface area contributed by atoms with Crippen LogP contribution in [0.15, 0.2) is 24.3 Å². The molecule has 5 nitrogen and oxygen atoms in total. The third kappa shape index (κ3) is 4.50. The molecule has 0 saturated heterocycles. The summed E-state index contributed by atoms with van der Waals surface area (Å²) in [5.41, 5.74) is 0. The minimum atomic E-state index is -1.21. The average Bonchev–Trinajstić information content (AvgIpc) is 2.26. The Balaban J connectivity index is 2.63. The molecule has 0 aliphatic heterocycles. The van der Waals surface area contributed by atoms with E-state index in [1.165, 1.54) is 19.1 Å². The third-order valence-corrected chi connectivity index (χ3v) is 1.90. The van der Waals surface area contributed by atoms with Gasteiger partial charge in [-0.25, -0.2) is 9.18 Å². The van der Waals surface area contributed by atoms with Crippen molar-refractivity contribution in [1.82, 2.24) is 5.32 Å². The van der Waals surface area contributed by atoms with Crippen molar-refractivity contribution in [1.29, 1.82) is 0 Å². The number of halogens is 1. The summed E-state index contributed by atoms with van der Waals surface area (Å²) in [6.07, 6.45) is -1.20. The highest BCUT2D eigenvalue weighted by Crippen LogP contribution is 2.12. The zero-order chi connectivity index (χ0) is 12.8. The minimum Gasteiger partial charge on any atom is -0.478 e. The van der Waals surface area contributed by atoms with Gasteiger partial charge in [0, 0.05) is 6.92 Å². The van der Waals surface area contributed by atoms with Crippen LogP contribution in [0.2, 0.25) is 0 Å². The maximum atomic E-state index is 12.6. The number of nitrogens with one attached hydrogen (secondary N) is 1. The summed E-state index contributed by atoms with van der Waals surface area (Å²) in [6, 6.07) is 4.96. The van der Waals surface area contributed by atoms with E-state index in [0.29, 0.717) is 0 Å². The first kappa shape index (κ1) is 13.0. The molecule has 1 amide bonds. The van der Waals surface area contributed by atoms with Gasteiger partial charge in [0.25, 0.3) is 0 Å². The van der Waals surface area contributed by atoms with Crippen molar-refractivity contribution < 1.29 is 23.8 Å². The normalized spacial score (nSPS) is 11.6. The van der Waals surface area contributed by atoms with Crippen LogP contribution in [-0.4, -0.2) is 29.6 Å². The number of carboxylic acid groups (broad SMARTS) is 1. The molecule has 1 rings (SSSR count). The Hall–Kier alpha value is -2.11. The number of carbonyl (C=O) groups excluding carboxylic acids is 1. The number of hydrogen-bond acceptors (Lipinski definition) is 3. The second-order valence-corrected chi connectivity index (χ2v) is 3.34. The largest absolute Gasteiger partial charge is 0.478 e. The van der Waals surface area contributed by atoms with Crippen LogP contribution in [0.1, 0.15) is 6.92 Å². The van der Waals surface area contributed by atoms with Crippen molar-refractivity contribution in [3.05, 3.63) is 30.1 Å². The molecular weight excluding hydrogens is 229 g/mol. The van der Waals surface area contributed by atoms with Crippen LogP contribution >= 0.6 is 0 Å². The lowest BCUT2D eigenvalue weighted by atomic mass is 10.3. The van der Waals surface area contributed by atoms with E-state index in [9.17, 15) is 14.0 Å². The summed E-state index contributed by atoms with van der Waals surface area (Å²) in [6.45, 7) is 1.12. The Morgan fingerprint density at radius 1 is 1.41 bits per heavy atom. The van der Waals surface area contributed by atoms with Gasteiger partial charge in [-0.3, -0.25) is 4.79 Å². The smallest absolute Gasteiger partial charge is 0.346 e. The number of rotatable bonds is 5. The van der Waals surface area contributed by atoms with Crippen molar-refractivity contribution in [3.8, 4) is 5.75 Å². The predicted molar refractivity (Wildman–Crippen MR) is 57.1 cm³/mol. The zero-order valence-corrected chi connectivity index (χ0v) is 9.14. The lowest BCUT2D eigenvalue weighted by Gasteiger charge is -2.15. The van der Waals surface area contributed by atoms with Crippen LogP contribution in [-0.2, 0) is 9.59 Å². The number of amides is 1. The van der Waals surface area contributed by atoms with Gasteiger partial charge in [0.05, 0.1) is 6.54 Å². The first-order valence-electron chi connectivity index (χ1n) is 4.88. The van der Waals surface area contributed by atoms with Crippen molar-refractivity contribution in [2.75, 3.05) is 6.54 Å². The Labute approximate surface area is 97.2 Å². The quantitative estimate of drug-likeness (QED) is 0.799. The number of ether oxygens (including phenoxy) is 1. The van der Waals surface area contributed by atoms with Crippen LogP contribution in [0.5, 0.6) is 5.75 Å². The molecule has 0 fully saturated rings. The highest BCUT2D eigenvalue weighted by Gasteiger charge is 2.19. The summed E-state index contributed by atoms with van der Waals surface area (Å²) in [4.78, 5) is 21.5. The number of hydrogen-bond donors (Lipinski definition) is 2. The molecule has 0 spiro atoms. The van der Waals surface area contributed by atoms with Crippen molar-refractivity contribution >= 4 is 11.9 Å². The van der Waals surface area contributed by atoms with Gasteiger partial charge in [0.2, 0.25) is 12.0 Å². The first-order valence-corrected chi connectivity index (χ1v) is 4.88. The molecule has 92 valence electrons. The van der Waals surface area contributed by atoms with Gasteiger partial charge in [-0.05, 0) is 24.3 Å². The van der Waals surface area contributed by atoms with Gasteiger partial charge in [-0.2, -0.15) is 0 Å². The Bertz CT molecular complexity index is 404. The molecule has 6 heteroatoms. The Morgan fingerprint density at radius 3 is 2.47 bits per heavy atom. The monoisotopic (exact) mass is 241 g/mol. The van der Waals surface area contributed by atoms with Crippen LogP contribution in [0, 0.1) is 5.82 Å². The molecule has 2 N–H and O–H groups in total. The van der Waals surface area contributed by atoms with Crippen LogP contribution < -0.4 is 10.1 Å². The fourth-order valence-corrected chi connectivity index (χ4v) is 1.09. The molecule has 0 aliphatic carbocycles. The van der Waals surface area contributed by atoms with Gasteiger partial charge in [-0.1, -0.05) is 0 Å². The summed E-state index contributed by atoms with van der Waals surface area (Å²) >= 11 is 0. The van der Waals surface area contributed by atoms with Crippen LogP contribution in [0.3, 0.4) is 0 Å². The fourth-order valence-electron chi connectivity index (χ4n) is 1.09. The average molecular weight is 241 g/mol. The maximum Gasteiger partial charge on any atom is 0.346 e. The molecule has 17 heavy (non-hydrogen) atoms. The number of carboxylic acids is 1. The third-order valence-electron chi connectivity index (χ3n) is 1.90. The van der Waals surface area contributed by atoms with E-state index in [4.69, 9.17) is 9.84 Å². The van der Waals surface area contributed by atoms with E-state index in [0.717, 1.165) is 12.1 Å². The van der Waals surface area contributed by atoms with Crippen molar-refractivity contribution in [3.63, 3.8) is 0 Å². The molecule has 0 aromatic heterocycles. The van der Waals surface area contributed by atoms with E-state index in [2.05, 4.69) is 5.32 Å². The molecule has 1 unspecified atom stereocenters. The molecule has 0 heterocycles. The van der Waals surface area contributed by atoms with E-state index in [1.807, 2.05) is 0 Å². The molecule has 0 aliphatic rings. The standard InChI is InChI=1S/C11H12FNO4/c1-7(14)13-6-10(11(15)16)17-9-4-2-8(12)3-5-9/h2-5,10H,6H2,1H3,(H,13,14)(H,15,16). The fraction of sp³-hybridized carbons (Fsp3) is 0.273. The lowest BCUT2D eigenvalue weighted by molar-refractivity contribution is -0.145. The molecular formula is C11H12FNO4. The summed E-state index contributed by atoms with van der Waals surface area (Å²) in [5, 5.41) is 11.2. The van der Waals surface area contributed by atoms with Gasteiger partial charge in [0.1, 0.15) is 11.6 Å². The Morgan fingerprint density at radius 2 is 2.00 bits per heavy atom. The molecule has 0 saturated carbocycles. The maximum absolute atomic E-state index is 12.6. The Kier molecular flexibility index (Phi) is 4.45. The molecule has 0 bridgehead atoms. The van der Waals surface area contributed by atoms with Crippen molar-refractivity contribution in [2.45, 2.75) is 13.0 Å². The number of carbonyl (C=O) groups is 2. The second kappa shape index (κ2) is 5.83. The van der Waals surface area contributed by atoms with Gasteiger partial charge < -0.3 is 15.2 Å². The van der Waals surface area contributed by atoms with E-state index < -0.39 is 17.9 Å². The highest BCUT2D eigenvalue weighted by molar-refractivity contribution is 5.76. The molecule has 1 atom stereocenters. The molecule has 1 aromatic carbocycles. The zero-order valence-electron chi connectivity index (χ0n) is 9.14. The number of benzene rings is 1. The summed E-state index contributed by atoms with van der Waals surface area (Å²) < 4.78 is 17.7. The second-order valence-electron chi connectivity index (χ2n) is 3.34. The van der Waals surface area contributed by atoms with Crippen molar-refractivity contribution in [2.24, 2.45) is 0 Å². The topological polar surface area (TPSA) is 75.6 Å². The van der Waals surface area contributed by atoms with E-state index in [-0.39, 0.29) is 18.2 Å². The van der Waals surface area contributed by atoms with Crippen LogP contribution in [0.4, 0.5) is 4.39 Å². The van der Waals surface area contributed by atoms with E-state index >= 15 is 0 Å². The van der Waals surface area contributed by atoms with Gasteiger partial charge >= 0.3 is 5.97 Å². The van der Waals surface area contributed by atoms with Gasteiger partial charge in [0.15, 0.2) is 0 Å². The lowest BCUT2D eigenvalue weighted by Crippen LogP contribution is -2.39. The summed E-state index contributed by atoms with van der Waals surface area (Å²) in [5.74, 6) is -1.77. The predicted octanol–water partition coefficient (Wildman–Crippen LogP) is 0.794. The SMILES string of the molecule is CC(=O)NCC(Oc1ccc(F)cc1)C(=O)O. The van der Waals surface area contributed by atoms with Crippen LogP contribution in [0.25, 0.3) is 0 Å². The number of aliphatic carboxylic acids is 1. The molecule has 1 aromatic rings. The summed E-state index contributed by atoms with van der Waals surface area (Å²) in [7, 11) is 0. The van der Waals surface area contributed by atoms with E-state index in [1.54, 1.807) is 0 Å². The first-order chi connectivity index (χ1) is 7.99. The minimum absolute atomic E-state index is 0.151. The highest BCUT2D eigenvalue weighted by atomic mass is 19.1. The molecule has 0 radical (unpaired) electrons. The van der Waals surface area contributed by atoms with Gasteiger partial charge in [-0.15, -0.1) is 0 Å².